The summed E-state index contributed by atoms with van der Waals surface area (Å²) in [5.74, 6) is -0.402. The first-order valence-corrected chi connectivity index (χ1v) is 13.4. The minimum atomic E-state index is -0.693. The molecule has 2 aromatic heterocycles. The van der Waals surface area contributed by atoms with Gasteiger partial charge in [-0.05, 0) is 66.6 Å². The Labute approximate surface area is 237 Å². The summed E-state index contributed by atoms with van der Waals surface area (Å²) in [4.78, 5) is 52.9. The molecule has 0 fully saturated rings. The lowest BCUT2D eigenvalue weighted by Gasteiger charge is -2.15. The Morgan fingerprint density at radius 2 is 1.65 bits per heavy atom. The Bertz CT molecular complexity index is 1780. The number of benzene rings is 3. The molecule has 0 unspecified atom stereocenters. The van der Waals surface area contributed by atoms with Crippen molar-refractivity contribution in [3.63, 3.8) is 0 Å². The third-order valence-electron chi connectivity index (χ3n) is 6.35. The summed E-state index contributed by atoms with van der Waals surface area (Å²) in [6.07, 6.45) is 2.10. The summed E-state index contributed by atoms with van der Waals surface area (Å²) in [5.41, 5.74) is 0.855. The van der Waals surface area contributed by atoms with Crippen molar-refractivity contribution in [1.29, 1.82) is 0 Å². The fourth-order valence-corrected chi connectivity index (χ4v) is 4.62. The van der Waals surface area contributed by atoms with Crippen LogP contribution in [-0.4, -0.2) is 27.5 Å². The molecule has 40 heavy (non-hydrogen) atoms. The van der Waals surface area contributed by atoms with E-state index in [2.05, 4.69) is 26.6 Å². The van der Waals surface area contributed by atoms with Crippen molar-refractivity contribution in [3.8, 4) is 0 Å². The molecular weight excluding hydrogens is 576 g/mol. The molecule has 0 aliphatic carbocycles. The summed E-state index contributed by atoms with van der Waals surface area (Å²) < 4.78 is 8.42. The molecule has 0 spiro atoms. The van der Waals surface area contributed by atoms with E-state index in [9.17, 15) is 19.2 Å². The zero-order chi connectivity index (χ0) is 28.1. The number of nitrogens with zero attached hydrogens (tertiary/aromatic N) is 2. The standard InChI is InChI=1S/C30H25BrN4O5/c31-22-9-11-23(12-10-22)33-27(36)19-34-26-17-21(28(37)32-15-14-20-5-2-1-3-6-20)8-13-25(26)29(38)35(30(34)39)18-24-7-4-16-40-24/h1-13,16-17H,14-15,18-19H2,(H,32,37)(H,33,36). The smallest absolute Gasteiger partial charge is 0.332 e. The van der Waals surface area contributed by atoms with Crippen LogP contribution in [-0.2, 0) is 24.3 Å². The minimum absolute atomic E-state index is 0.101. The van der Waals surface area contributed by atoms with Crippen molar-refractivity contribution in [1.82, 2.24) is 14.5 Å². The summed E-state index contributed by atoms with van der Waals surface area (Å²) >= 11 is 3.36. The van der Waals surface area contributed by atoms with Crippen molar-refractivity contribution >= 4 is 44.3 Å². The van der Waals surface area contributed by atoms with E-state index in [0.717, 1.165) is 14.6 Å². The summed E-state index contributed by atoms with van der Waals surface area (Å²) in [5, 5.41) is 5.84. The molecule has 10 heteroatoms. The van der Waals surface area contributed by atoms with Gasteiger partial charge in [0.1, 0.15) is 12.3 Å². The largest absolute Gasteiger partial charge is 0.467 e. The van der Waals surface area contributed by atoms with E-state index >= 15 is 0 Å². The second kappa shape index (κ2) is 12.0. The molecule has 0 aliphatic heterocycles. The van der Waals surface area contributed by atoms with E-state index in [1.807, 2.05) is 30.3 Å². The number of fused-ring (bicyclic) bond motifs is 1. The third-order valence-corrected chi connectivity index (χ3v) is 6.88. The van der Waals surface area contributed by atoms with Crippen LogP contribution in [0.15, 0.2) is 110 Å². The highest BCUT2D eigenvalue weighted by Crippen LogP contribution is 2.16. The van der Waals surface area contributed by atoms with Crippen LogP contribution in [0.2, 0.25) is 0 Å². The number of rotatable bonds is 9. The normalized spacial score (nSPS) is 10.9. The lowest BCUT2D eigenvalue weighted by molar-refractivity contribution is -0.116. The average molecular weight is 601 g/mol. The van der Waals surface area contributed by atoms with Gasteiger partial charge >= 0.3 is 5.69 Å². The van der Waals surface area contributed by atoms with Crippen molar-refractivity contribution in [3.05, 3.63) is 133 Å². The predicted octanol–water partition coefficient (Wildman–Crippen LogP) is 4.18. The van der Waals surface area contributed by atoms with E-state index in [1.165, 1.54) is 29.0 Å². The number of hydrogen-bond donors (Lipinski definition) is 2. The molecule has 5 aromatic rings. The van der Waals surface area contributed by atoms with Crippen LogP contribution in [0.3, 0.4) is 0 Å². The molecule has 0 bridgehead atoms. The van der Waals surface area contributed by atoms with E-state index < -0.39 is 17.2 Å². The zero-order valence-electron chi connectivity index (χ0n) is 21.3. The van der Waals surface area contributed by atoms with E-state index in [-0.39, 0.29) is 35.5 Å². The molecule has 0 saturated heterocycles. The van der Waals surface area contributed by atoms with Gasteiger partial charge < -0.3 is 15.1 Å². The van der Waals surface area contributed by atoms with Crippen LogP contribution in [0.25, 0.3) is 10.9 Å². The Balaban J connectivity index is 1.48. The quantitative estimate of drug-likeness (QED) is 0.263. The number of nitrogens with one attached hydrogen (secondary N) is 2. The first-order valence-electron chi connectivity index (χ1n) is 12.6. The first kappa shape index (κ1) is 26.9. The number of anilines is 1. The van der Waals surface area contributed by atoms with Gasteiger partial charge in [-0.2, -0.15) is 0 Å². The number of carbonyl (C=O) groups is 2. The van der Waals surface area contributed by atoms with Gasteiger partial charge in [-0.3, -0.25) is 23.5 Å². The summed E-state index contributed by atoms with van der Waals surface area (Å²) in [6, 6.07) is 24.6. The van der Waals surface area contributed by atoms with Crippen LogP contribution < -0.4 is 21.9 Å². The lowest BCUT2D eigenvalue weighted by Crippen LogP contribution is -2.42. The van der Waals surface area contributed by atoms with E-state index in [0.29, 0.717) is 24.4 Å². The highest BCUT2D eigenvalue weighted by molar-refractivity contribution is 9.10. The Morgan fingerprint density at radius 3 is 2.38 bits per heavy atom. The molecule has 3 aromatic carbocycles. The molecule has 202 valence electrons. The van der Waals surface area contributed by atoms with E-state index in [4.69, 9.17) is 4.42 Å². The van der Waals surface area contributed by atoms with Gasteiger partial charge in [-0.25, -0.2) is 4.79 Å². The van der Waals surface area contributed by atoms with Crippen molar-refractivity contribution < 1.29 is 14.0 Å². The van der Waals surface area contributed by atoms with Gasteiger partial charge in [0, 0.05) is 22.3 Å². The summed E-state index contributed by atoms with van der Waals surface area (Å²) in [7, 11) is 0. The minimum Gasteiger partial charge on any atom is -0.467 e. The van der Waals surface area contributed by atoms with Gasteiger partial charge in [0.25, 0.3) is 11.5 Å². The lowest BCUT2D eigenvalue weighted by atomic mass is 10.1. The number of amides is 2. The Morgan fingerprint density at radius 1 is 0.875 bits per heavy atom. The predicted molar refractivity (Wildman–Crippen MR) is 156 cm³/mol. The van der Waals surface area contributed by atoms with Crippen LogP contribution in [0.5, 0.6) is 0 Å². The topological polar surface area (TPSA) is 115 Å². The van der Waals surface area contributed by atoms with Gasteiger partial charge in [0.15, 0.2) is 0 Å². The summed E-state index contributed by atoms with van der Waals surface area (Å²) in [6.45, 7) is -0.0619. The molecule has 0 radical (unpaired) electrons. The van der Waals surface area contributed by atoms with Crippen molar-refractivity contribution in [2.45, 2.75) is 19.5 Å². The fourth-order valence-electron chi connectivity index (χ4n) is 4.35. The van der Waals surface area contributed by atoms with Gasteiger partial charge in [0.05, 0.1) is 23.7 Å². The van der Waals surface area contributed by atoms with Crippen molar-refractivity contribution in [2.75, 3.05) is 11.9 Å². The van der Waals surface area contributed by atoms with Crippen molar-refractivity contribution in [2.24, 2.45) is 0 Å². The number of carbonyl (C=O) groups excluding carboxylic acids is 2. The van der Waals surface area contributed by atoms with Crippen LogP contribution in [0, 0.1) is 0 Å². The maximum Gasteiger partial charge on any atom is 0.332 e. The second-order valence-electron chi connectivity index (χ2n) is 9.12. The highest BCUT2D eigenvalue weighted by Gasteiger charge is 2.18. The fraction of sp³-hybridized carbons (Fsp3) is 0.133. The van der Waals surface area contributed by atoms with Gasteiger partial charge in [0.2, 0.25) is 5.91 Å². The zero-order valence-corrected chi connectivity index (χ0v) is 22.9. The molecule has 0 saturated carbocycles. The van der Waals surface area contributed by atoms with Crippen LogP contribution in [0.4, 0.5) is 5.69 Å². The number of furan rings is 1. The maximum atomic E-state index is 13.6. The highest BCUT2D eigenvalue weighted by atomic mass is 79.9. The maximum absolute atomic E-state index is 13.6. The third kappa shape index (κ3) is 6.13. The molecule has 5 rings (SSSR count). The SMILES string of the molecule is O=C(Cn1c(=O)n(Cc2ccco2)c(=O)c2ccc(C(=O)NCCc3ccccc3)cc21)Nc1ccc(Br)cc1. The Kier molecular flexibility index (Phi) is 8.07. The molecule has 2 amide bonds. The molecule has 9 nitrogen and oxygen atoms in total. The second-order valence-corrected chi connectivity index (χ2v) is 10.0. The number of aromatic nitrogens is 2. The van der Waals surface area contributed by atoms with Crippen LogP contribution >= 0.6 is 15.9 Å². The molecule has 2 N–H and O–H groups in total. The Hall–Kier alpha value is -4.70. The van der Waals surface area contributed by atoms with Gasteiger partial charge in [-0.1, -0.05) is 46.3 Å². The average Bonchev–Trinajstić information content (AvgIpc) is 3.48. The molecule has 2 heterocycles. The van der Waals surface area contributed by atoms with Crippen LogP contribution in [0.1, 0.15) is 21.7 Å². The number of hydrogen-bond acceptors (Lipinski definition) is 5. The molecule has 0 aliphatic rings. The monoisotopic (exact) mass is 600 g/mol. The molecule has 0 atom stereocenters. The van der Waals surface area contributed by atoms with E-state index in [1.54, 1.807) is 36.4 Å². The van der Waals surface area contributed by atoms with Gasteiger partial charge in [-0.15, -0.1) is 0 Å². The molecular formula is C30H25BrN4O5. The first-order chi connectivity index (χ1) is 19.4. The number of halogens is 1.